The Hall–Kier alpha value is -5.56. The number of H-pyrrole nitrogens is 2. The molecule has 0 saturated carbocycles. The minimum atomic E-state index is -1.31. The number of nitrogens with zero attached hydrogens (tertiary/aromatic N) is 2. The fraction of sp³-hybridized carbons (Fsp3) is 0.400. The molecule has 3 aromatic heterocycles. The van der Waals surface area contributed by atoms with Crippen LogP contribution in [0.25, 0.3) is 39.3 Å². The molecule has 13 nitrogen and oxygen atoms in total. The van der Waals surface area contributed by atoms with Gasteiger partial charge in [-0.1, -0.05) is 26.5 Å². The zero-order valence-electron chi connectivity index (χ0n) is 31.1. The Balaban J connectivity index is 1.82. The number of hydrogen-bond acceptors (Lipinski definition) is 8. The second-order valence-electron chi connectivity index (χ2n) is 13.7. The summed E-state index contributed by atoms with van der Waals surface area (Å²) in [5.41, 5.74) is 14.5. The number of nitrogens with one attached hydrogen (secondary N) is 3. The second-order valence-corrected chi connectivity index (χ2v) is 13.7. The summed E-state index contributed by atoms with van der Waals surface area (Å²) in [6.45, 7) is 14.0. The van der Waals surface area contributed by atoms with E-state index in [1.807, 2.05) is 39.0 Å². The van der Waals surface area contributed by atoms with Crippen LogP contribution in [0, 0.1) is 13.8 Å². The van der Waals surface area contributed by atoms with Gasteiger partial charge in [0.05, 0.1) is 29.8 Å². The number of rotatable bonds is 13. The number of carbonyl (C=O) groups is 4. The van der Waals surface area contributed by atoms with Crippen LogP contribution in [0.1, 0.15) is 120 Å². The molecule has 280 valence electrons. The summed E-state index contributed by atoms with van der Waals surface area (Å²) >= 11 is 0. The Morgan fingerprint density at radius 3 is 2.36 bits per heavy atom. The van der Waals surface area contributed by atoms with Gasteiger partial charge < -0.3 is 36.0 Å². The van der Waals surface area contributed by atoms with E-state index in [2.05, 4.69) is 28.8 Å². The number of aromatic nitrogens is 4. The first-order valence-corrected chi connectivity index (χ1v) is 17.9. The standard InChI is InChI=1S/C40H48N6O7/c1-8-23-19(3)27-16-29-21(5)25(13-14-33(47)53-7)36(45-29)35(40(51)52)37-34(38(48)42-15-11-10-12-26(41)39(49)50)22(6)30(46-37)18-32-24(9-2)20(4)28(44-32)17-31(23)43-27/h8,16-18,21,25-26,43-44H,1,9-15,41H2,2-7H3,(H,42,48)(H,49,50)(H,51,52)/t21-,25-,26-/m0/s1. The fourth-order valence-corrected chi connectivity index (χ4v) is 7.34. The number of carboxylic acid groups (broad SMARTS) is 2. The van der Waals surface area contributed by atoms with E-state index in [0.29, 0.717) is 36.2 Å². The lowest BCUT2D eigenvalue weighted by Crippen LogP contribution is -2.30. The summed E-state index contributed by atoms with van der Waals surface area (Å²) in [5, 5.41) is 22.9. The third kappa shape index (κ3) is 7.66. The normalized spacial score (nSPS) is 16.0. The van der Waals surface area contributed by atoms with Gasteiger partial charge in [0.25, 0.3) is 5.91 Å². The number of carbonyl (C=O) groups excluding carboxylic acids is 2. The molecule has 0 unspecified atom stereocenters. The average molecular weight is 725 g/mol. The van der Waals surface area contributed by atoms with Crippen LogP contribution in [0.3, 0.4) is 0 Å². The van der Waals surface area contributed by atoms with Gasteiger partial charge in [-0.2, -0.15) is 0 Å². The van der Waals surface area contributed by atoms with Crippen molar-refractivity contribution in [3.8, 4) is 0 Å². The summed E-state index contributed by atoms with van der Waals surface area (Å²) in [7, 11) is 1.31. The molecule has 5 rings (SSSR count). The molecule has 53 heavy (non-hydrogen) atoms. The van der Waals surface area contributed by atoms with Crippen molar-refractivity contribution in [2.24, 2.45) is 5.73 Å². The van der Waals surface area contributed by atoms with E-state index in [1.165, 1.54) is 7.11 Å². The van der Waals surface area contributed by atoms with Crippen LogP contribution in [0.15, 0.2) is 24.8 Å². The first kappa shape index (κ1) is 38.7. The fourth-order valence-electron chi connectivity index (χ4n) is 7.34. The quantitative estimate of drug-likeness (QED) is 0.0854. The van der Waals surface area contributed by atoms with Gasteiger partial charge >= 0.3 is 17.9 Å². The molecule has 3 atom stereocenters. The van der Waals surface area contributed by atoms with Crippen LogP contribution >= 0.6 is 0 Å². The Morgan fingerprint density at radius 1 is 1.02 bits per heavy atom. The molecule has 8 bridgehead atoms. The highest BCUT2D eigenvalue weighted by molar-refractivity contribution is 6.28. The van der Waals surface area contributed by atoms with Gasteiger partial charge in [0, 0.05) is 58.1 Å². The van der Waals surface area contributed by atoms with Crippen molar-refractivity contribution in [2.45, 2.75) is 91.0 Å². The van der Waals surface area contributed by atoms with Gasteiger partial charge in [0.15, 0.2) is 0 Å². The lowest BCUT2D eigenvalue weighted by Gasteiger charge is -2.17. The number of esters is 1. The lowest BCUT2D eigenvalue weighted by atomic mass is 9.85. The first-order chi connectivity index (χ1) is 25.2. The number of allylic oxidation sites excluding steroid dienone is 1. The molecule has 0 aliphatic carbocycles. The van der Waals surface area contributed by atoms with Crippen molar-refractivity contribution in [1.29, 1.82) is 0 Å². The molecule has 13 heteroatoms. The topological polar surface area (TPSA) is 213 Å². The highest BCUT2D eigenvalue weighted by Crippen LogP contribution is 2.43. The maximum Gasteiger partial charge on any atom is 0.339 e. The molecule has 5 heterocycles. The molecular weight excluding hydrogens is 676 g/mol. The van der Waals surface area contributed by atoms with E-state index >= 15 is 0 Å². The summed E-state index contributed by atoms with van der Waals surface area (Å²) in [6.07, 6.45) is 3.97. The van der Waals surface area contributed by atoms with Crippen molar-refractivity contribution >= 4 is 63.1 Å². The number of aromatic amines is 2. The molecule has 1 amide bonds. The van der Waals surface area contributed by atoms with Crippen LogP contribution in [0.4, 0.5) is 0 Å². The second kappa shape index (κ2) is 16.0. The van der Waals surface area contributed by atoms with Gasteiger partial charge in [-0.25, -0.2) is 9.78 Å². The van der Waals surface area contributed by atoms with E-state index in [1.54, 1.807) is 13.0 Å². The monoisotopic (exact) mass is 724 g/mol. The third-order valence-corrected chi connectivity index (χ3v) is 10.5. The average Bonchev–Trinajstić information content (AvgIpc) is 3.79. The predicted octanol–water partition coefficient (Wildman–Crippen LogP) is 6.30. The van der Waals surface area contributed by atoms with Crippen molar-refractivity contribution < 1.29 is 34.1 Å². The largest absolute Gasteiger partial charge is 0.480 e. The summed E-state index contributed by atoms with van der Waals surface area (Å²) in [5.74, 6) is -4.17. The van der Waals surface area contributed by atoms with Crippen molar-refractivity contribution in [3.05, 3.63) is 75.4 Å². The maximum atomic E-state index is 14.0. The number of hydrogen-bond donors (Lipinski definition) is 6. The molecule has 0 fully saturated rings. The van der Waals surface area contributed by atoms with Crippen molar-refractivity contribution in [1.82, 2.24) is 25.3 Å². The van der Waals surface area contributed by atoms with Gasteiger partial charge in [0.2, 0.25) is 0 Å². The van der Waals surface area contributed by atoms with Gasteiger partial charge in [0.1, 0.15) is 11.6 Å². The van der Waals surface area contributed by atoms with Crippen LogP contribution in [0.2, 0.25) is 0 Å². The summed E-state index contributed by atoms with van der Waals surface area (Å²) in [4.78, 5) is 67.9. The smallest absolute Gasteiger partial charge is 0.339 e. The predicted molar refractivity (Wildman–Crippen MR) is 204 cm³/mol. The zero-order chi connectivity index (χ0) is 38.7. The molecule has 0 aromatic carbocycles. The number of amides is 1. The third-order valence-electron chi connectivity index (χ3n) is 10.5. The van der Waals surface area contributed by atoms with E-state index in [4.69, 9.17) is 25.5 Å². The van der Waals surface area contributed by atoms with Gasteiger partial charge in [-0.05, 0) is 93.3 Å². The molecule has 3 aromatic rings. The van der Waals surface area contributed by atoms with Crippen LogP contribution in [-0.4, -0.2) is 73.7 Å². The van der Waals surface area contributed by atoms with Crippen LogP contribution in [-0.2, 0) is 25.5 Å². The molecule has 2 aliphatic rings. The molecule has 0 spiro atoms. The minimum Gasteiger partial charge on any atom is -0.480 e. The molecule has 0 radical (unpaired) electrons. The number of carboxylic acids is 2. The van der Waals surface area contributed by atoms with E-state index in [0.717, 1.165) is 44.3 Å². The number of aryl methyl sites for hydroxylation is 3. The minimum absolute atomic E-state index is 0.0191. The number of aliphatic carboxylic acids is 1. The molecule has 2 aliphatic heterocycles. The molecular formula is C40H48N6O7. The van der Waals surface area contributed by atoms with Crippen molar-refractivity contribution in [3.63, 3.8) is 0 Å². The zero-order valence-corrected chi connectivity index (χ0v) is 31.1. The highest BCUT2D eigenvalue weighted by Gasteiger charge is 2.37. The first-order valence-electron chi connectivity index (χ1n) is 17.9. The number of unbranched alkanes of at least 4 members (excludes halogenated alkanes) is 1. The lowest BCUT2D eigenvalue weighted by molar-refractivity contribution is -0.141. The van der Waals surface area contributed by atoms with Crippen LogP contribution < -0.4 is 11.1 Å². The Labute approximate surface area is 307 Å². The van der Waals surface area contributed by atoms with Gasteiger partial charge in [-0.15, -0.1) is 0 Å². The summed E-state index contributed by atoms with van der Waals surface area (Å²) < 4.78 is 4.93. The maximum absolute atomic E-state index is 14.0. The number of fused-ring (bicyclic) bond motifs is 8. The van der Waals surface area contributed by atoms with Crippen molar-refractivity contribution in [2.75, 3.05) is 13.7 Å². The van der Waals surface area contributed by atoms with E-state index in [9.17, 15) is 24.3 Å². The number of ether oxygens (including phenoxy) is 1. The summed E-state index contributed by atoms with van der Waals surface area (Å²) in [6, 6.07) is 4.80. The Bertz CT molecular complexity index is 2190. The molecule has 0 saturated heterocycles. The van der Waals surface area contributed by atoms with Crippen LogP contribution in [0.5, 0.6) is 0 Å². The highest BCUT2D eigenvalue weighted by atomic mass is 16.5. The Kier molecular flexibility index (Phi) is 11.7. The SMILES string of the molecule is C=Cc1c(C)c2cc3nc(c(C(=O)O)c4nc(cc5[nH]c(cc1[nH]2)c(C)c5CC)C(C)=C4C(=O)NCCCC[C@H](N)C(=O)O)[C@@H](CCC(=O)OC)[C@@H]3C. The number of methoxy groups -OCH3 is 1. The number of aromatic carboxylic acids is 1. The van der Waals surface area contributed by atoms with E-state index < -0.39 is 35.8 Å². The molecule has 7 N–H and O–H groups in total. The number of nitrogens with two attached hydrogens (primary N) is 1. The van der Waals surface area contributed by atoms with Gasteiger partial charge in [-0.3, -0.25) is 19.4 Å². The van der Waals surface area contributed by atoms with E-state index in [-0.39, 0.29) is 54.2 Å². The Morgan fingerprint density at radius 2 is 1.72 bits per heavy atom.